The Morgan fingerprint density at radius 1 is 1.00 bits per heavy atom. The Balaban J connectivity index is 0.00000162. The van der Waals surface area contributed by atoms with Crippen LogP contribution in [0.4, 0.5) is 0 Å². The lowest BCUT2D eigenvalue weighted by Gasteiger charge is -2.00. The maximum absolute atomic E-state index is 10.7. The molecule has 1 heterocycles. The summed E-state index contributed by atoms with van der Waals surface area (Å²) >= 11 is 0. The summed E-state index contributed by atoms with van der Waals surface area (Å²) in [6, 6.07) is 14.3. The van der Waals surface area contributed by atoms with Crippen LogP contribution in [0.1, 0.15) is 11.1 Å². The van der Waals surface area contributed by atoms with Crippen LogP contribution in [0.25, 0.3) is 0 Å². The standard InChI is InChI=1S/C14H14N2O.ClH/c15-14(17)11-16-8-6-13(7-9-16)10-12-4-2-1-3-5-12;/h1-9H,10-11H2,(H-,15,17);1H/p+1. The highest BCUT2D eigenvalue weighted by Crippen LogP contribution is 2.06. The van der Waals surface area contributed by atoms with Gasteiger partial charge in [-0.2, -0.15) is 4.57 Å². The minimum absolute atomic E-state index is 0. The quantitative estimate of drug-likeness (QED) is 0.835. The molecule has 0 saturated carbocycles. The van der Waals surface area contributed by atoms with E-state index in [2.05, 4.69) is 12.1 Å². The molecule has 0 fully saturated rings. The summed E-state index contributed by atoms with van der Waals surface area (Å²) in [6.45, 7) is 0.228. The molecule has 0 saturated heterocycles. The maximum atomic E-state index is 10.7. The molecule has 94 valence electrons. The number of amides is 1. The van der Waals surface area contributed by atoms with E-state index in [0.29, 0.717) is 0 Å². The van der Waals surface area contributed by atoms with E-state index in [4.69, 9.17) is 5.73 Å². The molecule has 0 aliphatic carbocycles. The molecule has 1 aromatic heterocycles. The van der Waals surface area contributed by atoms with Crippen LogP contribution in [0.2, 0.25) is 0 Å². The number of pyridine rings is 1. The summed E-state index contributed by atoms with van der Waals surface area (Å²) in [5, 5.41) is 0. The van der Waals surface area contributed by atoms with Gasteiger partial charge < -0.3 is 5.73 Å². The van der Waals surface area contributed by atoms with Gasteiger partial charge >= 0.3 is 0 Å². The fraction of sp³-hybridized carbons (Fsp3) is 0.143. The van der Waals surface area contributed by atoms with Crippen LogP contribution in [-0.2, 0) is 17.8 Å². The topological polar surface area (TPSA) is 47.0 Å². The average Bonchev–Trinajstić information content (AvgIpc) is 2.32. The Kier molecular flexibility index (Phi) is 5.33. The smallest absolute Gasteiger partial charge is 0.283 e. The van der Waals surface area contributed by atoms with Gasteiger partial charge in [-0.05, 0) is 17.5 Å². The number of primary amides is 1. The molecule has 2 rings (SSSR count). The van der Waals surface area contributed by atoms with Crippen molar-refractivity contribution in [1.29, 1.82) is 0 Å². The number of rotatable bonds is 4. The summed E-state index contributed by atoms with van der Waals surface area (Å²) in [5.74, 6) is -0.328. The molecular formula is C14H16ClN2O+. The zero-order valence-corrected chi connectivity index (χ0v) is 10.8. The van der Waals surface area contributed by atoms with E-state index < -0.39 is 0 Å². The minimum atomic E-state index is -0.328. The highest BCUT2D eigenvalue weighted by Gasteiger charge is 2.04. The highest BCUT2D eigenvalue weighted by atomic mass is 35.5. The summed E-state index contributed by atoms with van der Waals surface area (Å²) in [6.07, 6.45) is 4.66. The molecule has 0 bridgehead atoms. The van der Waals surface area contributed by atoms with Gasteiger partial charge in [0.15, 0.2) is 12.4 Å². The van der Waals surface area contributed by atoms with Gasteiger partial charge in [0.25, 0.3) is 5.91 Å². The number of carbonyl (C=O) groups excluding carboxylic acids is 1. The zero-order valence-electron chi connectivity index (χ0n) is 9.95. The number of carbonyl (C=O) groups is 1. The number of benzene rings is 1. The zero-order chi connectivity index (χ0) is 12.1. The molecule has 0 atom stereocenters. The normalized spacial score (nSPS) is 9.56. The Morgan fingerprint density at radius 2 is 1.56 bits per heavy atom. The molecule has 2 N–H and O–H groups in total. The van der Waals surface area contributed by atoms with Crippen molar-refractivity contribution < 1.29 is 9.36 Å². The van der Waals surface area contributed by atoms with Crippen molar-refractivity contribution in [2.45, 2.75) is 13.0 Å². The number of nitrogens with two attached hydrogens (primary N) is 1. The molecule has 1 amide bonds. The van der Waals surface area contributed by atoms with Gasteiger partial charge in [-0.25, -0.2) is 0 Å². The lowest BCUT2D eigenvalue weighted by atomic mass is 10.1. The lowest BCUT2D eigenvalue weighted by Crippen LogP contribution is -2.40. The first-order valence-corrected chi connectivity index (χ1v) is 5.54. The lowest BCUT2D eigenvalue weighted by molar-refractivity contribution is -0.684. The first-order chi connectivity index (χ1) is 8.24. The first kappa shape index (κ1) is 14.2. The van der Waals surface area contributed by atoms with Crippen molar-refractivity contribution in [2.24, 2.45) is 5.73 Å². The second kappa shape index (κ2) is 6.77. The molecule has 2 aromatic rings. The second-order valence-electron chi connectivity index (χ2n) is 4.01. The largest absolute Gasteiger partial charge is 0.364 e. The Morgan fingerprint density at radius 3 is 2.11 bits per heavy atom. The third-order valence-electron chi connectivity index (χ3n) is 2.55. The van der Waals surface area contributed by atoms with Crippen LogP contribution >= 0.6 is 12.4 Å². The minimum Gasteiger partial charge on any atom is -0.364 e. The van der Waals surface area contributed by atoms with E-state index in [9.17, 15) is 4.79 Å². The van der Waals surface area contributed by atoms with Crippen LogP contribution in [0.15, 0.2) is 54.9 Å². The van der Waals surface area contributed by atoms with Gasteiger partial charge in [0.05, 0.1) is 0 Å². The summed E-state index contributed by atoms with van der Waals surface area (Å²) in [5.41, 5.74) is 7.62. The number of nitrogens with zero attached hydrogens (tertiary/aromatic N) is 1. The molecule has 0 radical (unpaired) electrons. The fourth-order valence-corrected chi connectivity index (χ4v) is 1.72. The van der Waals surface area contributed by atoms with E-state index in [0.717, 1.165) is 6.42 Å². The third kappa shape index (κ3) is 4.18. The number of hydrogen-bond donors (Lipinski definition) is 1. The van der Waals surface area contributed by atoms with E-state index >= 15 is 0 Å². The average molecular weight is 264 g/mol. The Labute approximate surface area is 113 Å². The van der Waals surface area contributed by atoms with Crippen LogP contribution in [0.5, 0.6) is 0 Å². The van der Waals surface area contributed by atoms with Gasteiger partial charge in [-0.3, -0.25) is 4.79 Å². The molecule has 0 unspecified atom stereocenters. The number of hydrogen-bond acceptors (Lipinski definition) is 1. The van der Waals surface area contributed by atoms with E-state index in [1.807, 2.05) is 42.7 Å². The highest BCUT2D eigenvalue weighted by molar-refractivity contribution is 5.85. The fourth-order valence-electron chi connectivity index (χ4n) is 1.72. The van der Waals surface area contributed by atoms with Gasteiger partial charge in [-0.15, -0.1) is 12.4 Å². The van der Waals surface area contributed by atoms with Gasteiger partial charge in [0, 0.05) is 12.1 Å². The van der Waals surface area contributed by atoms with E-state index in [1.165, 1.54) is 11.1 Å². The SMILES string of the molecule is Cl.NC(=O)C[n+]1ccc(Cc2ccccc2)cc1. The monoisotopic (exact) mass is 263 g/mol. The first-order valence-electron chi connectivity index (χ1n) is 5.54. The van der Waals surface area contributed by atoms with Crippen molar-refractivity contribution >= 4 is 18.3 Å². The van der Waals surface area contributed by atoms with Crippen LogP contribution in [0, 0.1) is 0 Å². The van der Waals surface area contributed by atoms with Crippen molar-refractivity contribution in [2.75, 3.05) is 0 Å². The van der Waals surface area contributed by atoms with Crippen LogP contribution < -0.4 is 10.3 Å². The van der Waals surface area contributed by atoms with Crippen molar-refractivity contribution in [3.8, 4) is 0 Å². The summed E-state index contributed by atoms with van der Waals surface area (Å²) in [4.78, 5) is 10.7. The van der Waals surface area contributed by atoms with Crippen molar-refractivity contribution in [3.05, 3.63) is 66.0 Å². The van der Waals surface area contributed by atoms with E-state index in [-0.39, 0.29) is 24.9 Å². The predicted octanol–water partition coefficient (Wildman–Crippen LogP) is 1.47. The summed E-state index contributed by atoms with van der Waals surface area (Å²) < 4.78 is 1.77. The molecule has 3 nitrogen and oxygen atoms in total. The molecule has 0 aliphatic heterocycles. The number of halogens is 1. The van der Waals surface area contributed by atoms with Crippen LogP contribution in [0.3, 0.4) is 0 Å². The number of aromatic nitrogens is 1. The molecule has 1 aromatic carbocycles. The van der Waals surface area contributed by atoms with E-state index in [1.54, 1.807) is 4.57 Å². The molecular weight excluding hydrogens is 248 g/mol. The molecule has 0 spiro atoms. The second-order valence-corrected chi connectivity index (χ2v) is 4.01. The summed E-state index contributed by atoms with van der Waals surface area (Å²) in [7, 11) is 0. The Hall–Kier alpha value is -1.87. The third-order valence-corrected chi connectivity index (χ3v) is 2.55. The molecule has 0 aliphatic rings. The molecule has 4 heteroatoms. The Bertz CT molecular complexity index is 497. The van der Waals surface area contributed by atoms with Crippen molar-refractivity contribution in [1.82, 2.24) is 0 Å². The predicted molar refractivity (Wildman–Crippen MR) is 72.3 cm³/mol. The van der Waals surface area contributed by atoms with Crippen molar-refractivity contribution in [3.63, 3.8) is 0 Å². The maximum Gasteiger partial charge on any atom is 0.283 e. The van der Waals surface area contributed by atoms with Gasteiger partial charge in [0.1, 0.15) is 0 Å². The van der Waals surface area contributed by atoms with Gasteiger partial charge in [0.2, 0.25) is 6.54 Å². The molecule has 18 heavy (non-hydrogen) atoms. The van der Waals surface area contributed by atoms with Gasteiger partial charge in [-0.1, -0.05) is 30.3 Å². The van der Waals surface area contributed by atoms with Crippen LogP contribution in [-0.4, -0.2) is 5.91 Å².